The Kier molecular flexibility index (Phi) is 4.68. The molecule has 1 unspecified atom stereocenters. The van der Waals surface area contributed by atoms with Crippen molar-refractivity contribution in [3.8, 4) is 10.6 Å². The van der Waals surface area contributed by atoms with E-state index < -0.39 is 6.23 Å². The van der Waals surface area contributed by atoms with Gasteiger partial charge >= 0.3 is 0 Å². The van der Waals surface area contributed by atoms with E-state index in [1.165, 1.54) is 23.5 Å². The lowest BCUT2D eigenvalue weighted by Gasteiger charge is -2.06. The number of nitrogens with one attached hydrogen (secondary N) is 2. The molecule has 3 rings (SSSR count). The fourth-order valence-corrected chi connectivity index (χ4v) is 3.10. The first-order valence-electron chi connectivity index (χ1n) is 7.29. The van der Waals surface area contributed by atoms with Crippen LogP contribution in [-0.2, 0) is 0 Å². The Labute approximate surface area is 142 Å². The summed E-state index contributed by atoms with van der Waals surface area (Å²) in [6.45, 7) is 3.51. The van der Waals surface area contributed by atoms with E-state index in [0.29, 0.717) is 16.8 Å². The molecule has 3 aromatic rings. The van der Waals surface area contributed by atoms with Crippen LogP contribution in [0.1, 0.15) is 12.6 Å². The number of aliphatic hydroxyl groups is 1. The van der Waals surface area contributed by atoms with Crippen LogP contribution >= 0.6 is 11.3 Å². The van der Waals surface area contributed by atoms with E-state index in [1.54, 1.807) is 31.3 Å². The summed E-state index contributed by atoms with van der Waals surface area (Å²) in [5.41, 5.74) is 2.24. The van der Waals surface area contributed by atoms with Crippen molar-refractivity contribution >= 4 is 28.1 Å². The number of halogens is 1. The number of nitrogens with zero attached hydrogens (tertiary/aromatic N) is 3. The van der Waals surface area contributed by atoms with Crippen molar-refractivity contribution in [3.05, 3.63) is 48.0 Å². The first-order chi connectivity index (χ1) is 11.5. The Hall–Kier alpha value is -2.58. The van der Waals surface area contributed by atoms with Crippen molar-refractivity contribution < 1.29 is 9.50 Å². The third kappa shape index (κ3) is 3.84. The number of hydrogen-bond donors (Lipinski definition) is 3. The fourth-order valence-electron chi connectivity index (χ4n) is 2.08. The van der Waals surface area contributed by atoms with Gasteiger partial charge < -0.3 is 15.7 Å². The fraction of sp³-hybridized carbons (Fsp3) is 0.188. The molecule has 1 atom stereocenters. The summed E-state index contributed by atoms with van der Waals surface area (Å²) < 4.78 is 13.0. The Morgan fingerprint density at radius 3 is 2.62 bits per heavy atom. The van der Waals surface area contributed by atoms with Gasteiger partial charge in [0.05, 0.1) is 16.3 Å². The van der Waals surface area contributed by atoms with E-state index >= 15 is 0 Å². The Bertz CT molecular complexity index is 835. The lowest BCUT2D eigenvalue weighted by atomic mass is 10.3. The van der Waals surface area contributed by atoms with Gasteiger partial charge in [-0.05, 0) is 44.2 Å². The van der Waals surface area contributed by atoms with Crippen molar-refractivity contribution in [2.24, 2.45) is 0 Å². The normalized spacial score (nSPS) is 12.0. The minimum absolute atomic E-state index is 0.298. The van der Waals surface area contributed by atoms with E-state index in [4.69, 9.17) is 0 Å². The SMILES string of the molecule is Cc1nc(NC(C)O)sc1-c1ccnc(Nc2ccc(F)cc2)n1. The third-order valence-corrected chi connectivity index (χ3v) is 4.23. The molecule has 0 spiro atoms. The van der Waals surface area contributed by atoms with Gasteiger partial charge in [-0.2, -0.15) is 0 Å². The summed E-state index contributed by atoms with van der Waals surface area (Å²) >= 11 is 1.41. The lowest BCUT2D eigenvalue weighted by molar-refractivity contribution is 0.224. The number of aromatic nitrogens is 3. The summed E-state index contributed by atoms with van der Waals surface area (Å²) in [4.78, 5) is 13.9. The van der Waals surface area contributed by atoms with E-state index in [2.05, 4.69) is 25.6 Å². The number of aryl methyl sites for hydroxylation is 1. The molecular weight excluding hydrogens is 329 g/mol. The molecule has 8 heteroatoms. The molecule has 0 aliphatic rings. The highest BCUT2D eigenvalue weighted by Gasteiger charge is 2.13. The minimum atomic E-state index is -0.676. The highest BCUT2D eigenvalue weighted by molar-refractivity contribution is 7.19. The monoisotopic (exact) mass is 345 g/mol. The zero-order valence-electron chi connectivity index (χ0n) is 13.1. The van der Waals surface area contributed by atoms with Gasteiger partial charge in [0, 0.05) is 11.9 Å². The highest BCUT2D eigenvalue weighted by atomic mass is 32.1. The molecule has 1 aromatic carbocycles. The highest BCUT2D eigenvalue weighted by Crippen LogP contribution is 2.32. The van der Waals surface area contributed by atoms with Gasteiger partial charge in [0.2, 0.25) is 5.95 Å². The van der Waals surface area contributed by atoms with E-state index in [1.807, 2.05) is 6.92 Å². The van der Waals surface area contributed by atoms with Crippen molar-refractivity contribution in [1.29, 1.82) is 0 Å². The Morgan fingerprint density at radius 1 is 1.17 bits per heavy atom. The van der Waals surface area contributed by atoms with Crippen LogP contribution in [0.5, 0.6) is 0 Å². The van der Waals surface area contributed by atoms with Gasteiger partial charge in [-0.1, -0.05) is 11.3 Å². The summed E-state index contributed by atoms with van der Waals surface area (Å²) in [6.07, 6.45) is 0.972. The second-order valence-electron chi connectivity index (χ2n) is 5.15. The van der Waals surface area contributed by atoms with Crippen LogP contribution in [0.4, 0.5) is 21.2 Å². The van der Waals surface area contributed by atoms with Gasteiger partial charge in [-0.3, -0.25) is 0 Å². The van der Waals surface area contributed by atoms with E-state index in [0.717, 1.165) is 16.3 Å². The summed E-state index contributed by atoms with van der Waals surface area (Å²) in [6, 6.07) is 7.77. The molecule has 0 radical (unpaired) electrons. The summed E-state index contributed by atoms with van der Waals surface area (Å²) in [5, 5.41) is 15.9. The predicted molar refractivity (Wildman–Crippen MR) is 92.9 cm³/mol. The molecule has 124 valence electrons. The van der Waals surface area contributed by atoms with Crippen LogP contribution in [0.15, 0.2) is 36.5 Å². The van der Waals surface area contributed by atoms with Crippen molar-refractivity contribution in [1.82, 2.24) is 15.0 Å². The molecule has 0 fully saturated rings. The number of hydrogen-bond acceptors (Lipinski definition) is 7. The van der Waals surface area contributed by atoms with Gasteiger partial charge in [0.1, 0.15) is 12.0 Å². The lowest BCUT2D eigenvalue weighted by Crippen LogP contribution is -2.12. The maximum absolute atomic E-state index is 13.0. The Balaban J connectivity index is 1.85. The number of benzene rings is 1. The van der Waals surface area contributed by atoms with Crippen LogP contribution in [0, 0.1) is 12.7 Å². The molecular formula is C16H16FN5OS. The molecule has 0 aliphatic carbocycles. The van der Waals surface area contributed by atoms with Gasteiger partial charge in [0.25, 0.3) is 0 Å². The van der Waals surface area contributed by atoms with Crippen molar-refractivity contribution in [2.75, 3.05) is 10.6 Å². The molecule has 2 heterocycles. The minimum Gasteiger partial charge on any atom is -0.374 e. The molecule has 0 amide bonds. The first-order valence-corrected chi connectivity index (χ1v) is 8.11. The van der Waals surface area contributed by atoms with Gasteiger partial charge in [0.15, 0.2) is 5.13 Å². The van der Waals surface area contributed by atoms with Crippen LogP contribution in [0.2, 0.25) is 0 Å². The van der Waals surface area contributed by atoms with Crippen LogP contribution in [0.25, 0.3) is 10.6 Å². The summed E-state index contributed by atoms with van der Waals surface area (Å²) in [7, 11) is 0. The zero-order chi connectivity index (χ0) is 17.1. The van der Waals surface area contributed by atoms with Crippen LogP contribution in [0.3, 0.4) is 0 Å². The number of thiazole rings is 1. The number of aliphatic hydroxyl groups excluding tert-OH is 1. The van der Waals surface area contributed by atoms with E-state index in [9.17, 15) is 9.50 Å². The Morgan fingerprint density at radius 2 is 1.92 bits per heavy atom. The number of anilines is 3. The molecule has 0 saturated carbocycles. The van der Waals surface area contributed by atoms with E-state index in [-0.39, 0.29) is 5.82 Å². The van der Waals surface area contributed by atoms with Crippen LogP contribution < -0.4 is 10.6 Å². The molecule has 0 saturated heterocycles. The topological polar surface area (TPSA) is 83.0 Å². The molecule has 0 aliphatic heterocycles. The molecule has 24 heavy (non-hydrogen) atoms. The smallest absolute Gasteiger partial charge is 0.227 e. The van der Waals surface area contributed by atoms with Gasteiger partial charge in [-0.25, -0.2) is 19.3 Å². The van der Waals surface area contributed by atoms with Gasteiger partial charge in [-0.15, -0.1) is 0 Å². The first kappa shape index (κ1) is 16.3. The van der Waals surface area contributed by atoms with Crippen molar-refractivity contribution in [2.45, 2.75) is 20.1 Å². The standard InChI is InChI=1S/C16H16FN5OS/c1-9-14(24-16(19-9)20-10(2)23)13-7-8-18-15(22-13)21-12-5-3-11(17)4-6-12/h3-8,10,23H,1-2H3,(H,19,20)(H,18,21,22). The summed E-state index contributed by atoms with van der Waals surface area (Å²) in [5.74, 6) is 0.116. The molecule has 2 aromatic heterocycles. The maximum Gasteiger partial charge on any atom is 0.227 e. The second-order valence-corrected chi connectivity index (χ2v) is 6.15. The second kappa shape index (κ2) is 6.90. The average molecular weight is 345 g/mol. The molecule has 0 bridgehead atoms. The van der Waals surface area contributed by atoms with Crippen LogP contribution in [-0.4, -0.2) is 26.3 Å². The zero-order valence-corrected chi connectivity index (χ0v) is 13.9. The number of rotatable bonds is 5. The maximum atomic E-state index is 13.0. The van der Waals surface area contributed by atoms with Crippen molar-refractivity contribution in [3.63, 3.8) is 0 Å². The quantitative estimate of drug-likeness (QED) is 0.614. The predicted octanol–water partition coefficient (Wildman–Crippen LogP) is 3.54. The third-order valence-electron chi connectivity index (χ3n) is 3.12. The molecule has 6 nitrogen and oxygen atoms in total. The largest absolute Gasteiger partial charge is 0.374 e. The average Bonchev–Trinajstić information content (AvgIpc) is 2.89. The molecule has 3 N–H and O–H groups in total.